The molecule has 0 bridgehead atoms. The van der Waals surface area contributed by atoms with E-state index in [0.29, 0.717) is 46.9 Å². The molecule has 0 amide bonds. The van der Waals surface area contributed by atoms with Crippen LogP contribution in [-0.4, -0.2) is 43.9 Å². The molecule has 2 atom stereocenters. The van der Waals surface area contributed by atoms with Crippen LogP contribution >= 0.6 is 31.9 Å². The van der Waals surface area contributed by atoms with E-state index < -0.39 is 11.8 Å². The Morgan fingerprint density at radius 1 is 0.711 bits per heavy atom. The van der Waals surface area contributed by atoms with Gasteiger partial charge in [-0.25, -0.2) is 0 Å². The highest BCUT2D eigenvalue weighted by molar-refractivity contribution is 9.09. The second-order valence-corrected chi connectivity index (χ2v) is 13.2. The summed E-state index contributed by atoms with van der Waals surface area (Å²) in [6, 6.07) is 11.5. The number of halogens is 2. The molecule has 7 heteroatoms. The zero-order valence-electron chi connectivity index (χ0n) is 24.2. The summed E-state index contributed by atoms with van der Waals surface area (Å²) >= 11 is 7.21. The normalized spacial score (nSPS) is 13.5. The lowest BCUT2D eigenvalue weighted by Gasteiger charge is -2.25. The third kappa shape index (κ3) is 9.18. The molecule has 0 aromatic heterocycles. The number of ketones is 1. The molecule has 0 aliphatic carbocycles. The first kappa shape index (κ1) is 32.5. The number of carbonyl (C=O) groups is 1. The minimum absolute atomic E-state index is 0.0500. The van der Waals surface area contributed by atoms with Gasteiger partial charge in [-0.1, -0.05) is 97.7 Å². The number of Topliss-reactive ketones (excluding diaryl/α,β-unsaturated/α-hetero) is 1. The summed E-state index contributed by atoms with van der Waals surface area (Å²) in [6.45, 7) is 14.2. The van der Waals surface area contributed by atoms with Crippen LogP contribution in [0.2, 0.25) is 0 Å². The maximum absolute atomic E-state index is 14.1. The fraction of sp³-hybridized carbons (Fsp3) is 0.581. The number of para-hydroxylation sites is 2. The molecule has 0 fully saturated rings. The lowest BCUT2D eigenvalue weighted by atomic mass is 9.84. The fourth-order valence-electron chi connectivity index (χ4n) is 4.08. The van der Waals surface area contributed by atoms with Gasteiger partial charge in [0.2, 0.25) is 0 Å². The quantitative estimate of drug-likeness (QED) is 0.191. The van der Waals surface area contributed by atoms with E-state index in [-0.39, 0.29) is 16.6 Å². The van der Waals surface area contributed by atoms with E-state index in [1.807, 2.05) is 36.4 Å². The summed E-state index contributed by atoms with van der Waals surface area (Å²) in [7, 11) is 3.24. The molecule has 2 rings (SSSR count). The summed E-state index contributed by atoms with van der Waals surface area (Å²) in [6.07, 6.45) is 1.81. The maximum atomic E-state index is 14.1. The van der Waals surface area contributed by atoms with Crippen molar-refractivity contribution < 1.29 is 23.7 Å². The first-order valence-corrected chi connectivity index (χ1v) is 15.4. The predicted octanol–water partition coefficient (Wildman–Crippen LogP) is 8.56. The highest BCUT2D eigenvalue weighted by Crippen LogP contribution is 2.43. The molecule has 0 N–H and O–H groups in total. The van der Waals surface area contributed by atoms with E-state index in [0.717, 1.165) is 24.0 Å². The van der Waals surface area contributed by atoms with E-state index in [9.17, 15) is 4.79 Å². The van der Waals surface area contributed by atoms with Crippen LogP contribution in [0.1, 0.15) is 77.3 Å². The topological polar surface area (TPSA) is 54.0 Å². The first-order valence-electron chi connectivity index (χ1n) is 13.1. The lowest BCUT2D eigenvalue weighted by molar-refractivity contribution is -0.121. The maximum Gasteiger partial charge on any atom is 0.164 e. The standard InChI is InChI=1S/C31H44Br2O5/c1-30(2,3)15-17-37-25-13-9-11-21(28(25)35-7)23(19-32)27(34)24(20-33)22-12-10-14-26(29(22)36-8)38-18-16-31(4,5)6/h9-14,23-24H,15-20H2,1-8H3. The number of ether oxygens (including phenoxy) is 4. The number of rotatable bonds is 14. The van der Waals surface area contributed by atoms with Gasteiger partial charge in [0.1, 0.15) is 5.78 Å². The SMILES string of the molecule is COc1c(OCCC(C)(C)C)cccc1C(CBr)C(=O)C(CBr)c1cccc(OCCC(C)(C)C)c1OC. The van der Waals surface area contributed by atoms with Gasteiger partial charge in [-0.15, -0.1) is 0 Å². The molecule has 212 valence electrons. The Hall–Kier alpha value is -1.73. The molecule has 0 heterocycles. The van der Waals surface area contributed by atoms with Crippen molar-refractivity contribution in [2.75, 3.05) is 38.1 Å². The molecule has 5 nitrogen and oxygen atoms in total. The minimum Gasteiger partial charge on any atom is -0.493 e. The fourth-order valence-corrected chi connectivity index (χ4v) is 5.42. The van der Waals surface area contributed by atoms with Gasteiger partial charge >= 0.3 is 0 Å². The third-order valence-electron chi connectivity index (χ3n) is 6.39. The molecule has 38 heavy (non-hydrogen) atoms. The molecule has 0 aliphatic heterocycles. The average Bonchev–Trinajstić information content (AvgIpc) is 2.84. The number of methoxy groups -OCH3 is 2. The van der Waals surface area contributed by atoms with Gasteiger partial charge in [-0.2, -0.15) is 0 Å². The van der Waals surface area contributed by atoms with E-state index in [4.69, 9.17) is 18.9 Å². The Bertz CT molecular complexity index is 958. The monoisotopic (exact) mass is 654 g/mol. The Kier molecular flexibility index (Phi) is 12.5. The number of carbonyl (C=O) groups excluding carboxylic acids is 1. The predicted molar refractivity (Wildman–Crippen MR) is 163 cm³/mol. The van der Waals surface area contributed by atoms with E-state index in [1.165, 1.54) is 0 Å². The summed E-state index contributed by atoms with van der Waals surface area (Å²) in [5.41, 5.74) is 1.91. The van der Waals surface area contributed by atoms with E-state index in [2.05, 4.69) is 73.4 Å². The Labute approximate surface area is 246 Å². The number of alkyl halides is 2. The molecular formula is C31H44Br2O5. The largest absolute Gasteiger partial charge is 0.493 e. The minimum atomic E-state index is -0.450. The second kappa shape index (κ2) is 14.6. The summed E-state index contributed by atoms with van der Waals surface area (Å²) in [5, 5.41) is 0.891. The number of hydrogen-bond donors (Lipinski definition) is 0. The van der Waals surface area contributed by atoms with Gasteiger partial charge < -0.3 is 18.9 Å². The van der Waals surface area contributed by atoms with Crippen LogP contribution in [-0.2, 0) is 4.79 Å². The smallest absolute Gasteiger partial charge is 0.164 e. The van der Waals surface area contributed by atoms with Crippen molar-refractivity contribution in [1.29, 1.82) is 0 Å². The third-order valence-corrected chi connectivity index (χ3v) is 7.69. The molecule has 2 unspecified atom stereocenters. The summed E-state index contributed by atoms with van der Waals surface area (Å²) in [5.74, 6) is 1.64. The molecule has 2 aromatic carbocycles. The van der Waals surface area contributed by atoms with Crippen molar-refractivity contribution in [2.45, 2.75) is 66.2 Å². The van der Waals surface area contributed by atoms with Crippen LogP contribution < -0.4 is 18.9 Å². The summed E-state index contributed by atoms with van der Waals surface area (Å²) < 4.78 is 23.8. The van der Waals surface area contributed by atoms with Crippen molar-refractivity contribution in [3.63, 3.8) is 0 Å². The molecule has 0 saturated heterocycles. The van der Waals surface area contributed by atoms with Crippen molar-refractivity contribution in [3.05, 3.63) is 47.5 Å². The van der Waals surface area contributed by atoms with Gasteiger partial charge in [0.05, 0.1) is 39.3 Å². The van der Waals surface area contributed by atoms with Crippen LogP contribution in [0.25, 0.3) is 0 Å². The zero-order valence-corrected chi connectivity index (χ0v) is 27.3. The van der Waals surface area contributed by atoms with Gasteiger partial charge in [0.25, 0.3) is 0 Å². The van der Waals surface area contributed by atoms with Crippen LogP contribution in [0.15, 0.2) is 36.4 Å². The first-order chi connectivity index (χ1) is 17.9. The van der Waals surface area contributed by atoms with Crippen LogP contribution in [0.3, 0.4) is 0 Å². The lowest BCUT2D eigenvalue weighted by Crippen LogP contribution is -2.24. The highest BCUT2D eigenvalue weighted by Gasteiger charge is 2.33. The average molecular weight is 656 g/mol. The molecular weight excluding hydrogens is 612 g/mol. The van der Waals surface area contributed by atoms with Gasteiger partial charge in [-0.05, 0) is 35.8 Å². The van der Waals surface area contributed by atoms with Gasteiger partial charge in [0.15, 0.2) is 23.0 Å². The van der Waals surface area contributed by atoms with Crippen LogP contribution in [0, 0.1) is 10.8 Å². The molecule has 2 aromatic rings. The highest BCUT2D eigenvalue weighted by atomic mass is 79.9. The molecule has 0 aliphatic rings. The number of benzene rings is 2. The van der Waals surface area contributed by atoms with Crippen LogP contribution in [0.4, 0.5) is 0 Å². The van der Waals surface area contributed by atoms with Crippen molar-refractivity contribution in [1.82, 2.24) is 0 Å². The van der Waals surface area contributed by atoms with Crippen molar-refractivity contribution >= 4 is 37.6 Å². The number of hydrogen-bond acceptors (Lipinski definition) is 5. The summed E-state index contributed by atoms with van der Waals surface area (Å²) in [4.78, 5) is 14.1. The van der Waals surface area contributed by atoms with E-state index in [1.54, 1.807) is 14.2 Å². The zero-order chi connectivity index (χ0) is 28.5. The molecule has 0 spiro atoms. The van der Waals surface area contributed by atoms with Crippen molar-refractivity contribution in [2.24, 2.45) is 10.8 Å². The Balaban J connectivity index is 2.39. The molecule has 0 saturated carbocycles. The Morgan fingerprint density at radius 3 is 1.37 bits per heavy atom. The molecule has 0 radical (unpaired) electrons. The second-order valence-electron chi connectivity index (χ2n) is 11.9. The van der Waals surface area contributed by atoms with Gasteiger partial charge in [0, 0.05) is 21.8 Å². The van der Waals surface area contributed by atoms with Gasteiger partial charge in [-0.3, -0.25) is 4.79 Å². The van der Waals surface area contributed by atoms with Crippen molar-refractivity contribution in [3.8, 4) is 23.0 Å². The van der Waals surface area contributed by atoms with Crippen LogP contribution in [0.5, 0.6) is 23.0 Å². The Morgan fingerprint density at radius 2 is 1.08 bits per heavy atom. The van der Waals surface area contributed by atoms with E-state index >= 15 is 0 Å².